The molecule has 1 aliphatic rings. The molecule has 144 valence electrons. The Bertz CT molecular complexity index is 872. The second kappa shape index (κ2) is 7.59. The topological polar surface area (TPSA) is 61.8 Å². The number of ether oxygens (including phenoxy) is 3. The summed E-state index contributed by atoms with van der Waals surface area (Å²) in [5, 5.41) is 2.04. The molecule has 0 amide bonds. The SMILES string of the molecule is COC(=O)C1CCC(=O)C1(C)CCc1ccc(OC)c2cc(OC)ccc12. The summed E-state index contributed by atoms with van der Waals surface area (Å²) in [6, 6.07) is 9.86. The number of carbonyl (C=O) groups is 2. The highest BCUT2D eigenvalue weighted by molar-refractivity contribution is 5.94. The molecular weight excluding hydrogens is 344 g/mol. The zero-order valence-electron chi connectivity index (χ0n) is 16.3. The number of Topliss-reactive ketones (excluding diaryl/α,β-unsaturated/α-hetero) is 1. The van der Waals surface area contributed by atoms with Crippen LogP contribution in [0.4, 0.5) is 0 Å². The molecule has 3 rings (SSSR count). The van der Waals surface area contributed by atoms with E-state index < -0.39 is 5.41 Å². The maximum Gasteiger partial charge on any atom is 0.309 e. The van der Waals surface area contributed by atoms with Gasteiger partial charge in [-0.2, -0.15) is 0 Å². The standard InChI is InChI=1S/C22H26O5/c1-22(18(21(24)27-4)8-10-20(22)23)12-11-14-5-9-19(26-3)17-13-15(25-2)6-7-16(14)17/h5-7,9,13,18H,8,10-12H2,1-4H3. The maximum absolute atomic E-state index is 12.6. The van der Waals surface area contributed by atoms with Gasteiger partial charge in [-0.3, -0.25) is 9.59 Å². The molecule has 0 N–H and O–H groups in total. The number of esters is 1. The fraction of sp³-hybridized carbons (Fsp3) is 0.455. The highest BCUT2D eigenvalue weighted by Gasteiger charge is 2.49. The molecular formula is C22H26O5. The van der Waals surface area contributed by atoms with Crippen LogP contribution in [0.15, 0.2) is 30.3 Å². The predicted molar refractivity (Wildman–Crippen MR) is 103 cm³/mol. The highest BCUT2D eigenvalue weighted by atomic mass is 16.5. The molecule has 0 saturated heterocycles. The van der Waals surface area contributed by atoms with Crippen LogP contribution >= 0.6 is 0 Å². The van der Waals surface area contributed by atoms with Crippen molar-refractivity contribution in [3.63, 3.8) is 0 Å². The van der Waals surface area contributed by atoms with Gasteiger partial charge in [0, 0.05) is 17.2 Å². The van der Waals surface area contributed by atoms with Gasteiger partial charge in [-0.1, -0.05) is 19.1 Å². The normalized spacial score (nSPS) is 22.1. The Kier molecular flexibility index (Phi) is 5.40. The van der Waals surface area contributed by atoms with Gasteiger partial charge in [0.25, 0.3) is 0 Å². The van der Waals surface area contributed by atoms with Gasteiger partial charge in [-0.25, -0.2) is 0 Å². The first-order chi connectivity index (χ1) is 12.9. The summed E-state index contributed by atoms with van der Waals surface area (Å²) in [4.78, 5) is 24.7. The van der Waals surface area contributed by atoms with Crippen molar-refractivity contribution in [3.8, 4) is 11.5 Å². The van der Waals surface area contributed by atoms with Crippen LogP contribution in [-0.4, -0.2) is 33.1 Å². The van der Waals surface area contributed by atoms with Crippen molar-refractivity contribution in [1.82, 2.24) is 0 Å². The van der Waals surface area contributed by atoms with E-state index >= 15 is 0 Å². The molecule has 0 spiro atoms. The zero-order valence-corrected chi connectivity index (χ0v) is 16.3. The molecule has 1 fully saturated rings. The van der Waals surface area contributed by atoms with Crippen LogP contribution in [0.5, 0.6) is 11.5 Å². The minimum atomic E-state index is -0.675. The summed E-state index contributed by atoms with van der Waals surface area (Å²) in [6.45, 7) is 1.90. The van der Waals surface area contributed by atoms with Crippen LogP contribution in [0.25, 0.3) is 10.8 Å². The van der Waals surface area contributed by atoms with E-state index in [-0.39, 0.29) is 17.7 Å². The maximum atomic E-state index is 12.6. The third kappa shape index (κ3) is 3.38. The third-order valence-electron chi connectivity index (χ3n) is 5.96. The van der Waals surface area contributed by atoms with E-state index in [4.69, 9.17) is 14.2 Å². The first-order valence-corrected chi connectivity index (χ1v) is 9.19. The minimum Gasteiger partial charge on any atom is -0.497 e. The van der Waals surface area contributed by atoms with E-state index in [2.05, 4.69) is 0 Å². The third-order valence-corrected chi connectivity index (χ3v) is 5.96. The number of carbonyl (C=O) groups excluding carboxylic acids is 2. The Balaban J connectivity index is 1.93. The summed E-state index contributed by atoms with van der Waals surface area (Å²) in [7, 11) is 4.67. The molecule has 0 bridgehead atoms. The van der Waals surface area contributed by atoms with Crippen molar-refractivity contribution in [3.05, 3.63) is 35.9 Å². The molecule has 0 aromatic heterocycles. The monoisotopic (exact) mass is 370 g/mol. The molecule has 27 heavy (non-hydrogen) atoms. The van der Waals surface area contributed by atoms with Crippen molar-refractivity contribution in [1.29, 1.82) is 0 Å². The number of aryl methyl sites for hydroxylation is 1. The smallest absolute Gasteiger partial charge is 0.309 e. The Morgan fingerprint density at radius 3 is 2.56 bits per heavy atom. The summed E-state index contributed by atoms with van der Waals surface area (Å²) >= 11 is 0. The van der Waals surface area contributed by atoms with Gasteiger partial charge in [0.1, 0.15) is 17.3 Å². The largest absolute Gasteiger partial charge is 0.497 e. The van der Waals surface area contributed by atoms with Gasteiger partial charge in [0.15, 0.2) is 0 Å². The second-order valence-electron chi connectivity index (χ2n) is 7.29. The van der Waals surface area contributed by atoms with E-state index in [0.717, 1.165) is 27.8 Å². The van der Waals surface area contributed by atoms with Crippen molar-refractivity contribution >= 4 is 22.5 Å². The number of hydrogen-bond acceptors (Lipinski definition) is 5. The van der Waals surface area contributed by atoms with E-state index in [1.165, 1.54) is 7.11 Å². The molecule has 5 nitrogen and oxygen atoms in total. The average Bonchev–Trinajstić information content (AvgIpc) is 2.99. The van der Waals surface area contributed by atoms with Gasteiger partial charge < -0.3 is 14.2 Å². The molecule has 0 aliphatic heterocycles. The first-order valence-electron chi connectivity index (χ1n) is 9.19. The molecule has 2 unspecified atom stereocenters. The van der Waals surface area contributed by atoms with Crippen LogP contribution in [0, 0.1) is 11.3 Å². The number of hydrogen-bond donors (Lipinski definition) is 0. The lowest BCUT2D eigenvalue weighted by molar-refractivity contribution is -0.151. The Labute approximate surface area is 159 Å². The molecule has 0 heterocycles. The van der Waals surface area contributed by atoms with Crippen LogP contribution in [0.3, 0.4) is 0 Å². The summed E-state index contributed by atoms with van der Waals surface area (Å²) in [6.07, 6.45) is 2.32. The lowest BCUT2D eigenvalue weighted by Gasteiger charge is -2.28. The van der Waals surface area contributed by atoms with Crippen molar-refractivity contribution in [2.75, 3.05) is 21.3 Å². The quantitative estimate of drug-likeness (QED) is 0.721. The Hall–Kier alpha value is -2.56. The van der Waals surface area contributed by atoms with Crippen molar-refractivity contribution < 1.29 is 23.8 Å². The van der Waals surface area contributed by atoms with Crippen LogP contribution < -0.4 is 9.47 Å². The van der Waals surface area contributed by atoms with Gasteiger partial charge in [-0.05, 0) is 48.4 Å². The van der Waals surface area contributed by atoms with Gasteiger partial charge in [-0.15, -0.1) is 0 Å². The number of methoxy groups -OCH3 is 3. The van der Waals surface area contributed by atoms with Gasteiger partial charge in [0.05, 0.1) is 27.2 Å². The van der Waals surface area contributed by atoms with E-state index in [0.29, 0.717) is 25.7 Å². The van der Waals surface area contributed by atoms with Gasteiger partial charge >= 0.3 is 5.97 Å². The van der Waals surface area contributed by atoms with E-state index in [1.807, 2.05) is 37.3 Å². The number of ketones is 1. The van der Waals surface area contributed by atoms with Crippen molar-refractivity contribution in [2.24, 2.45) is 11.3 Å². The van der Waals surface area contributed by atoms with Crippen LogP contribution in [-0.2, 0) is 20.7 Å². The Morgan fingerprint density at radius 1 is 1.11 bits per heavy atom. The minimum absolute atomic E-state index is 0.150. The van der Waals surface area contributed by atoms with Crippen LogP contribution in [0.1, 0.15) is 31.7 Å². The van der Waals surface area contributed by atoms with E-state index in [1.54, 1.807) is 14.2 Å². The van der Waals surface area contributed by atoms with E-state index in [9.17, 15) is 9.59 Å². The lowest BCUT2D eigenvalue weighted by atomic mass is 9.74. The molecule has 1 aliphatic carbocycles. The molecule has 2 atom stereocenters. The number of benzene rings is 2. The fourth-order valence-electron chi connectivity index (χ4n) is 4.19. The summed E-state index contributed by atoms with van der Waals surface area (Å²) in [5.74, 6) is 1.05. The molecule has 0 radical (unpaired) electrons. The highest BCUT2D eigenvalue weighted by Crippen LogP contribution is 2.45. The molecule has 2 aromatic rings. The van der Waals surface area contributed by atoms with Crippen molar-refractivity contribution in [2.45, 2.75) is 32.6 Å². The van der Waals surface area contributed by atoms with Crippen LogP contribution in [0.2, 0.25) is 0 Å². The average molecular weight is 370 g/mol. The second-order valence-corrected chi connectivity index (χ2v) is 7.29. The first kappa shape index (κ1) is 19.2. The Morgan fingerprint density at radius 2 is 1.89 bits per heavy atom. The molecule has 5 heteroatoms. The lowest BCUT2D eigenvalue weighted by Crippen LogP contribution is -2.35. The number of rotatable bonds is 6. The fourth-order valence-corrected chi connectivity index (χ4v) is 4.19. The zero-order chi connectivity index (χ0) is 19.6. The molecule has 2 aromatic carbocycles. The number of fused-ring (bicyclic) bond motifs is 1. The van der Waals surface area contributed by atoms with Gasteiger partial charge in [0.2, 0.25) is 0 Å². The molecule has 1 saturated carbocycles. The summed E-state index contributed by atoms with van der Waals surface area (Å²) in [5.41, 5.74) is 0.448. The summed E-state index contributed by atoms with van der Waals surface area (Å²) < 4.78 is 15.8. The predicted octanol–water partition coefficient (Wildman–Crippen LogP) is 3.95.